The predicted octanol–water partition coefficient (Wildman–Crippen LogP) is 2.20. The van der Waals surface area contributed by atoms with Gasteiger partial charge in [-0.05, 0) is 17.7 Å². The Morgan fingerprint density at radius 3 is 2.93 bits per heavy atom. The lowest BCUT2D eigenvalue weighted by Gasteiger charge is -2.20. The predicted molar refractivity (Wildman–Crippen MR) is 59.1 cm³/mol. The monoisotopic (exact) mass is 195 g/mol. The summed E-state index contributed by atoms with van der Waals surface area (Å²) in [6, 6.07) is 4.22. The molecule has 2 aromatic heterocycles. The molecule has 2 nitrogen and oxygen atoms in total. The molecule has 0 spiro atoms. The van der Waals surface area contributed by atoms with Crippen LogP contribution in [0, 0.1) is 0 Å². The zero-order chi connectivity index (χ0) is 10.3. The van der Waals surface area contributed by atoms with Crippen LogP contribution in [0.3, 0.4) is 0 Å². The number of rotatable bonds is 2. The first-order valence-corrected chi connectivity index (χ1v) is 4.99. The molecule has 0 unspecified atom stereocenters. The van der Waals surface area contributed by atoms with Gasteiger partial charge in [0.05, 0.1) is 5.56 Å². The van der Waals surface area contributed by atoms with Crippen LogP contribution in [0.1, 0.15) is 0 Å². The van der Waals surface area contributed by atoms with E-state index in [1.54, 1.807) is 0 Å². The van der Waals surface area contributed by atoms with Gasteiger partial charge < -0.3 is 0 Å². The Balaban J connectivity index is 2.10. The molecule has 0 N–H and O–H groups in total. The number of aromatic nitrogens is 2. The second kappa shape index (κ2) is 3.02. The zero-order valence-electron chi connectivity index (χ0n) is 8.35. The van der Waals surface area contributed by atoms with Gasteiger partial charge in [-0.2, -0.15) is 0 Å². The van der Waals surface area contributed by atoms with Crippen LogP contribution in [0.15, 0.2) is 49.6 Å². The fourth-order valence-corrected chi connectivity index (χ4v) is 2.03. The van der Waals surface area contributed by atoms with Gasteiger partial charge in [-0.1, -0.05) is 6.58 Å². The topological polar surface area (TPSA) is 16.8 Å². The van der Waals surface area contributed by atoms with Crippen molar-refractivity contribution in [2.24, 2.45) is 0 Å². The molecule has 0 aliphatic heterocycles. The van der Waals surface area contributed by atoms with Crippen molar-refractivity contribution in [1.29, 1.82) is 0 Å². The Kier molecular flexibility index (Phi) is 1.68. The lowest BCUT2D eigenvalue weighted by molar-refractivity contribution is -0.686. The highest BCUT2D eigenvalue weighted by Crippen LogP contribution is 2.44. The second-order valence-corrected chi connectivity index (χ2v) is 3.68. The number of hydrogen-bond acceptors (Lipinski definition) is 1. The summed E-state index contributed by atoms with van der Waals surface area (Å²) in [5.41, 5.74) is 5.19. The molecule has 15 heavy (non-hydrogen) atoms. The maximum atomic E-state index is 4.14. The van der Waals surface area contributed by atoms with Gasteiger partial charge in [0.25, 0.3) is 0 Å². The summed E-state index contributed by atoms with van der Waals surface area (Å²) in [4.78, 5) is 4.14. The van der Waals surface area contributed by atoms with Crippen molar-refractivity contribution >= 4 is 0 Å². The van der Waals surface area contributed by atoms with Crippen molar-refractivity contribution in [3.05, 3.63) is 49.6 Å². The molecule has 0 aromatic carbocycles. The Morgan fingerprint density at radius 2 is 2.07 bits per heavy atom. The minimum atomic E-state index is 0.850. The van der Waals surface area contributed by atoms with Crippen molar-refractivity contribution in [2.75, 3.05) is 0 Å². The number of allylic oxidation sites excluding steroid dienone is 1. The molecule has 3 rings (SSSR count). The first kappa shape index (κ1) is 8.36. The average Bonchev–Trinajstić information content (AvgIpc) is 2.27. The largest absolute Gasteiger partial charge is 0.264 e. The maximum Gasteiger partial charge on any atom is 0.177 e. The standard InChI is InChI=1S/C13H11N2/c1-2-6-15-7-4-11-10-3-5-14-8-12(10)13(11)9-15/h2-5,7-9H,1,6H2/q+1. The molecule has 1 aliphatic rings. The van der Waals surface area contributed by atoms with E-state index in [1.165, 1.54) is 22.3 Å². The Morgan fingerprint density at radius 1 is 1.20 bits per heavy atom. The zero-order valence-corrected chi connectivity index (χ0v) is 8.35. The molecule has 0 saturated heterocycles. The van der Waals surface area contributed by atoms with Crippen molar-refractivity contribution in [3.8, 4) is 22.3 Å². The van der Waals surface area contributed by atoms with Crippen LogP contribution >= 0.6 is 0 Å². The van der Waals surface area contributed by atoms with Crippen molar-refractivity contribution < 1.29 is 4.57 Å². The first-order valence-electron chi connectivity index (χ1n) is 4.99. The first-order chi connectivity index (χ1) is 7.40. The molecular formula is C13H11N2+. The van der Waals surface area contributed by atoms with E-state index in [0.717, 1.165) is 6.54 Å². The van der Waals surface area contributed by atoms with E-state index >= 15 is 0 Å². The third-order valence-electron chi connectivity index (χ3n) is 2.76. The fourth-order valence-electron chi connectivity index (χ4n) is 2.03. The summed E-state index contributed by atoms with van der Waals surface area (Å²) in [6.07, 6.45) is 9.91. The van der Waals surface area contributed by atoms with Crippen LogP contribution in [-0.2, 0) is 6.54 Å². The lowest BCUT2D eigenvalue weighted by atomic mass is 9.83. The fraction of sp³-hybridized carbons (Fsp3) is 0.0769. The molecule has 2 heteroatoms. The molecule has 0 saturated carbocycles. The van der Waals surface area contributed by atoms with E-state index in [-0.39, 0.29) is 0 Å². The summed E-state index contributed by atoms with van der Waals surface area (Å²) in [5.74, 6) is 0. The van der Waals surface area contributed by atoms with Crippen LogP contribution in [0.5, 0.6) is 0 Å². The smallest absolute Gasteiger partial charge is 0.177 e. The van der Waals surface area contributed by atoms with Gasteiger partial charge >= 0.3 is 0 Å². The summed E-state index contributed by atoms with van der Waals surface area (Å²) >= 11 is 0. The van der Waals surface area contributed by atoms with E-state index in [0.29, 0.717) is 0 Å². The Bertz CT molecular complexity index is 544. The van der Waals surface area contributed by atoms with Crippen LogP contribution in [0.2, 0.25) is 0 Å². The van der Waals surface area contributed by atoms with Crippen molar-refractivity contribution in [1.82, 2.24) is 4.98 Å². The highest BCUT2D eigenvalue weighted by Gasteiger charge is 2.24. The minimum Gasteiger partial charge on any atom is -0.264 e. The third-order valence-corrected chi connectivity index (χ3v) is 2.76. The molecule has 0 fully saturated rings. The minimum absolute atomic E-state index is 0.850. The lowest BCUT2D eigenvalue weighted by Crippen LogP contribution is -2.32. The Hall–Kier alpha value is -1.96. The SMILES string of the molecule is C=CC[n+]1ccc2c(c1)-c1cnccc1-2. The van der Waals surface area contributed by atoms with E-state index in [4.69, 9.17) is 0 Å². The summed E-state index contributed by atoms with van der Waals surface area (Å²) < 4.78 is 2.13. The molecule has 2 heterocycles. The number of pyridine rings is 2. The summed E-state index contributed by atoms with van der Waals surface area (Å²) in [6.45, 7) is 4.59. The Labute approximate surface area is 88.5 Å². The average molecular weight is 195 g/mol. The second-order valence-electron chi connectivity index (χ2n) is 3.68. The van der Waals surface area contributed by atoms with Gasteiger partial charge in [-0.3, -0.25) is 4.98 Å². The summed E-state index contributed by atoms with van der Waals surface area (Å²) in [5, 5.41) is 0. The molecule has 72 valence electrons. The van der Waals surface area contributed by atoms with Crippen molar-refractivity contribution in [2.45, 2.75) is 6.54 Å². The van der Waals surface area contributed by atoms with Crippen LogP contribution in [0.25, 0.3) is 22.3 Å². The van der Waals surface area contributed by atoms with Gasteiger partial charge in [-0.15, -0.1) is 0 Å². The van der Waals surface area contributed by atoms with Crippen LogP contribution < -0.4 is 4.57 Å². The number of fused-ring (bicyclic) bond motifs is 4. The van der Waals surface area contributed by atoms with E-state index in [2.05, 4.69) is 40.7 Å². The molecule has 1 aliphatic carbocycles. The maximum absolute atomic E-state index is 4.14. The van der Waals surface area contributed by atoms with Gasteiger partial charge in [-0.25, -0.2) is 4.57 Å². The quantitative estimate of drug-likeness (QED) is 0.452. The summed E-state index contributed by atoms with van der Waals surface area (Å²) in [7, 11) is 0. The molecule has 0 radical (unpaired) electrons. The molecule has 0 amide bonds. The molecular weight excluding hydrogens is 184 g/mol. The number of nitrogens with zero attached hydrogens (tertiary/aromatic N) is 2. The normalized spacial score (nSPS) is 11.2. The van der Waals surface area contributed by atoms with Gasteiger partial charge in [0.2, 0.25) is 0 Å². The molecule has 2 aromatic rings. The molecule has 0 atom stereocenters. The third kappa shape index (κ3) is 1.11. The van der Waals surface area contributed by atoms with Crippen molar-refractivity contribution in [3.63, 3.8) is 0 Å². The van der Waals surface area contributed by atoms with E-state index < -0.39 is 0 Å². The highest BCUT2D eigenvalue weighted by molar-refractivity contribution is 6.00. The number of hydrogen-bond donors (Lipinski definition) is 0. The highest BCUT2D eigenvalue weighted by atomic mass is 14.9. The van der Waals surface area contributed by atoms with E-state index in [9.17, 15) is 0 Å². The van der Waals surface area contributed by atoms with Crippen LogP contribution in [0.4, 0.5) is 0 Å². The molecule has 0 bridgehead atoms. The van der Waals surface area contributed by atoms with Gasteiger partial charge in [0, 0.05) is 29.6 Å². The van der Waals surface area contributed by atoms with E-state index in [1.807, 2.05) is 18.5 Å². The van der Waals surface area contributed by atoms with Crippen LogP contribution in [-0.4, -0.2) is 4.98 Å². The van der Waals surface area contributed by atoms with Gasteiger partial charge in [0.15, 0.2) is 18.9 Å². The van der Waals surface area contributed by atoms with Gasteiger partial charge in [0.1, 0.15) is 0 Å².